The van der Waals surface area contributed by atoms with Gasteiger partial charge in [0.2, 0.25) is 17.7 Å². The van der Waals surface area contributed by atoms with E-state index in [1.165, 1.54) is 13.2 Å². The van der Waals surface area contributed by atoms with E-state index in [4.69, 9.17) is 16.3 Å². The number of carbonyl (C=O) groups excluding carboxylic acids is 1. The number of nitrogens with zero attached hydrogens (tertiary/aromatic N) is 2. The first-order valence-corrected chi connectivity index (χ1v) is 6.06. The Labute approximate surface area is 110 Å². The van der Waals surface area contributed by atoms with Crippen molar-refractivity contribution >= 4 is 23.5 Å². The van der Waals surface area contributed by atoms with Gasteiger partial charge in [-0.25, -0.2) is 4.98 Å². The van der Waals surface area contributed by atoms with E-state index in [-0.39, 0.29) is 17.0 Å². The van der Waals surface area contributed by atoms with Crippen LogP contribution in [0, 0.1) is 0 Å². The lowest BCUT2D eigenvalue weighted by molar-refractivity contribution is -0.121. The summed E-state index contributed by atoms with van der Waals surface area (Å²) in [5, 5.41) is 6.04. The van der Waals surface area contributed by atoms with Gasteiger partial charge in [-0.15, -0.1) is 0 Å². The number of amides is 1. The second-order valence-electron chi connectivity index (χ2n) is 4.37. The summed E-state index contributed by atoms with van der Waals surface area (Å²) < 4.78 is 4.97. The maximum Gasteiger partial charge on any atom is 0.246 e. The van der Waals surface area contributed by atoms with Crippen molar-refractivity contribution < 1.29 is 9.53 Å². The lowest BCUT2D eigenvalue weighted by Crippen LogP contribution is -2.48. The normalized spacial score (nSPS) is 22.8. The molecule has 1 aliphatic rings. The molecule has 0 aliphatic carbocycles. The third-order valence-electron chi connectivity index (χ3n) is 2.98. The van der Waals surface area contributed by atoms with Crippen LogP contribution in [-0.4, -0.2) is 35.1 Å². The van der Waals surface area contributed by atoms with E-state index in [1.807, 2.05) is 6.92 Å². The molecule has 0 bridgehead atoms. The molecular weight excluding hydrogens is 256 g/mol. The maximum absolute atomic E-state index is 12.1. The van der Waals surface area contributed by atoms with Crippen LogP contribution >= 0.6 is 11.6 Å². The second-order valence-corrected chi connectivity index (χ2v) is 4.76. The van der Waals surface area contributed by atoms with Crippen molar-refractivity contribution in [1.82, 2.24) is 15.3 Å². The van der Waals surface area contributed by atoms with Crippen molar-refractivity contribution in [3.8, 4) is 5.88 Å². The van der Waals surface area contributed by atoms with Gasteiger partial charge in [0.25, 0.3) is 0 Å². The highest BCUT2D eigenvalue weighted by Crippen LogP contribution is 2.21. The molecule has 18 heavy (non-hydrogen) atoms. The van der Waals surface area contributed by atoms with E-state index in [1.54, 1.807) is 0 Å². The van der Waals surface area contributed by atoms with Gasteiger partial charge in [0.05, 0.1) is 12.6 Å². The molecule has 6 nitrogen and oxygen atoms in total. The highest BCUT2D eigenvalue weighted by atomic mass is 35.5. The minimum absolute atomic E-state index is 0.152. The predicted octanol–water partition coefficient (Wildman–Crippen LogP) is 1.22. The molecule has 1 aliphatic heterocycles. The van der Waals surface area contributed by atoms with Crippen LogP contribution in [0.2, 0.25) is 5.15 Å². The van der Waals surface area contributed by atoms with Crippen molar-refractivity contribution in [3.63, 3.8) is 0 Å². The molecule has 1 amide bonds. The van der Waals surface area contributed by atoms with E-state index in [0.717, 1.165) is 19.4 Å². The van der Waals surface area contributed by atoms with E-state index in [9.17, 15) is 4.79 Å². The zero-order valence-corrected chi connectivity index (χ0v) is 11.0. The van der Waals surface area contributed by atoms with Crippen LogP contribution in [0.3, 0.4) is 0 Å². The third kappa shape index (κ3) is 2.70. The SMILES string of the molecule is COc1cc(Cl)nc(NC(=O)C2(C)CCCN2)n1. The minimum Gasteiger partial charge on any atom is -0.481 e. The Bertz CT molecular complexity index is 460. The first-order valence-electron chi connectivity index (χ1n) is 5.68. The van der Waals surface area contributed by atoms with Gasteiger partial charge >= 0.3 is 0 Å². The van der Waals surface area contributed by atoms with Gasteiger partial charge in [0.1, 0.15) is 5.15 Å². The predicted molar refractivity (Wildman–Crippen MR) is 67.9 cm³/mol. The van der Waals surface area contributed by atoms with E-state index in [2.05, 4.69) is 20.6 Å². The lowest BCUT2D eigenvalue weighted by Gasteiger charge is -2.22. The Morgan fingerprint density at radius 3 is 3.00 bits per heavy atom. The van der Waals surface area contributed by atoms with Crippen molar-refractivity contribution in [1.29, 1.82) is 0 Å². The van der Waals surface area contributed by atoms with Crippen LogP contribution in [-0.2, 0) is 4.79 Å². The number of ether oxygens (including phenoxy) is 1. The molecule has 1 unspecified atom stereocenters. The lowest BCUT2D eigenvalue weighted by atomic mass is 10.00. The molecule has 1 atom stereocenters. The fraction of sp³-hybridized carbons (Fsp3) is 0.545. The van der Waals surface area contributed by atoms with Crippen molar-refractivity contribution in [2.75, 3.05) is 19.0 Å². The summed E-state index contributed by atoms with van der Waals surface area (Å²) in [6.45, 7) is 2.70. The fourth-order valence-corrected chi connectivity index (χ4v) is 2.06. The first-order chi connectivity index (χ1) is 8.53. The number of rotatable bonds is 3. The standard InChI is InChI=1S/C11H15ClN4O2/c1-11(4-3-5-13-11)9(17)16-10-14-7(12)6-8(15-10)18-2/h6,13H,3-5H2,1-2H3,(H,14,15,16,17). The Hall–Kier alpha value is -1.40. The Morgan fingerprint density at radius 2 is 2.39 bits per heavy atom. The maximum atomic E-state index is 12.1. The van der Waals surface area contributed by atoms with Gasteiger partial charge in [-0.2, -0.15) is 4.98 Å². The Kier molecular flexibility index (Phi) is 3.68. The molecule has 2 N–H and O–H groups in total. The molecule has 1 aromatic rings. The number of carbonyl (C=O) groups is 1. The molecule has 1 aromatic heterocycles. The average Bonchev–Trinajstić information content (AvgIpc) is 2.76. The van der Waals surface area contributed by atoms with Crippen LogP contribution in [0.1, 0.15) is 19.8 Å². The summed E-state index contributed by atoms with van der Waals surface area (Å²) in [6, 6.07) is 1.48. The quantitative estimate of drug-likeness (QED) is 0.808. The van der Waals surface area contributed by atoms with Crippen molar-refractivity contribution in [2.24, 2.45) is 0 Å². The first kappa shape index (κ1) is 13.0. The smallest absolute Gasteiger partial charge is 0.246 e. The number of hydrogen-bond donors (Lipinski definition) is 2. The molecule has 1 saturated heterocycles. The highest BCUT2D eigenvalue weighted by Gasteiger charge is 2.36. The number of hydrogen-bond acceptors (Lipinski definition) is 5. The zero-order chi connectivity index (χ0) is 13.2. The number of nitrogens with one attached hydrogen (secondary N) is 2. The Morgan fingerprint density at radius 1 is 1.61 bits per heavy atom. The van der Waals surface area contributed by atoms with E-state index < -0.39 is 5.54 Å². The molecule has 0 spiro atoms. The van der Waals surface area contributed by atoms with Gasteiger partial charge in [0, 0.05) is 6.07 Å². The molecule has 1 fully saturated rings. The molecule has 98 valence electrons. The van der Waals surface area contributed by atoms with Crippen LogP contribution in [0.5, 0.6) is 5.88 Å². The van der Waals surface area contributed by atoms with Crippen LogP contribution in [0.25, 0.3) is 0 Å². The minimum atomic E-state index is -0.571. The van der Waals surface area contributed by atoms with Gasteiger partial charge in [-0.3, -0.25) is 10.1 Å². The second kappa shape index (κ2) is 5.07. The summed E-state index contributed by atoms with van der Waals surface area (Å²) >= 11 is 5.81. The average molecular weight is 271 g/mol. The van der Waals surface area contributed by atoms with Crippen LogP contribution in [0.15, 0.2) is 6.07 Å². The zero-order valence-electron chi connectivity index (χ0n) is 10.3. The fourth-order valence-electron chi connectivity index (χ4n) is 1.89. The topological polar surface area (TPSA) is 76.1 Å². The van der Waals surface area contributed by atoms with E-state index in [0.29, 0.717) is 5.88 Å². The van der Waals surface area contributed by atoms with Gasteiger partial charge in [-0.05, 0) is 26.3 Å². The molecule has 2 heterocycles. The molecule has 7 heteroatoms. The summed E-state index contributed by atoms with van der Waals surface area (Å²) in [5.41, 5.74) is -0.571. The van der Waals surface area contributed by atoms with E-state index >= 15 is 0 Å². The van der Waals surface area contributed by atoms with Gasteiger partial charge in [0.15, 0.2) is 0 Å². The monoisotopic (exact) mass is 270 g/mol. The summed E-state index contributed by atoms with van der Waals surface area (Å²) in [6.07, 6.45) is 1.76. The summed E-state index contributed by atoms with van der Waals surface area (Å²) in [4.78, 5) is 20.1. The Balaban J connectivity index is 2.13. The molecule has 0 radical (unpaired) electrons. The highest BCUT2D eigenvalue weighted by molar-refractivity contribution is 6.29. The number of methoxy groups -OCH3 is 1. The molecular formula is C11H15ClN4O2. The van der Waals surface area contributed by atoms with Crippen molar-refractivity contribution in [3.05, 3.63) is 11.2 Å². The van der Waals surface area contributed by atoms with Gasteiger partial charge < -0.3 is 10.1 Å². The molecule has 2 rings (SSSR count). The largest absolute Gasteiger partial charge is 0.481 e. The number of aromatic nitrogens is 2. The van der Waals surface area contributed by atoms with Crippen LogP contribution < -0.4 is 15.4 Å². The number of anilines is 1. The third-order valence-corrected chi connectivity index (χ3v) is 3.17. The molecule has 0 saturated carbocycles. The van der Waals surface area contributed by atoms with Crippen molar-refractivity contribution in [2.45, 2.75) is 25.3 Å². The molecule has 0 aromatic carbocycles. The number of halogens is 1. The van der Waals surface area contributed by atoms with Crippen LogP contribution in [0.4, 0.5) is 5.95 Å². The summed E-state index contributed by atoms with van der Waals surface area (Å²) in [7, 11) is 1.48. The van der Waals surface area contributed by atoms with Gasteiger partial charge in [-0.1, -0.05) is 11.6 Å². The summed E-state index contributed by atoms with van der Waals surface area (Å²) in [5.74, 6) is 0.304.